The number of carbonyl (C=O) groups excluding carboxylic acids is 3. The second kappa shape index (κ2) is 8.91. The summed E-state index contributed by atoms with van der Waals surface area (Å²) in [5.41, 5.74) is 1.09. The van der Waals surface area contributed by atoms with Crippen molar-refractivity contribution in [2.75, 3.05) is 10.2 Å². The molecule has 0 saturated heterocycles. The number of rotatable bonds is 5. The smallest absolute Gasteiger partial charge is 0.283 e. The molecule has 1 aliphatic heterocycles. The van der Waals surface area contributed by atoms with Gasteiger partial charge in [0.15, 0.2) is 0 Å². The minimum atomic E-state index is -0.703. The van der Waals surface area contributed by atoms with Crippen molar-refractivity contribution in [1.82, 2.24) is 5.32 Å². The molecule has 2 aromatic carbocycles. The van der Waals surface area contributed by atoms with Crippen molar-refractivity contribution < 1.29 is 14.4 Å². The van der Waals surface area contributed by atoms with Gasteiger partial charge in [-0.3, -0.25) is 14.4 Å². The first-order valence-electron chi connectivity index (χ1n) is 9.76. The number of amides is 3. The summed E-state index contributed by atoms with van der Waals surface area (Å²) in [6, 6.07) is 11.3. The van der Waals surface area contributed by atoms with E-state index in [4.69, 9.17) is 34.8 Å². The molecular weight excluding hydrogens is 461 g/mol. The molecule has 0 radical (unpaired) electrons. The van der Waals surface area contributed by atoms with Crippen LogP contribution in [0.1, 0.15) is 36.0 Å². The average molecular weight is 479 g/mol. The van der Waals surface area contributed by atoms with E-state index in [-0.39, 0.29) is 33.4 Å². The Morgan fingerprint density at radius 1 is 0.935 bits per heavy atom. The lowest BCUT2D eigenvalue weighted by Crippen LogP contribution is -2.32. The van der Waals surface area contributed by atoms with Gasteiger partial charge in [-0.05, 0) is 55.3 Å². The van der Waals surface area contributed by atoms with Gasteiger partial charge in [0.1, 0.15) is 10.7 Å². The molecule has 2 aromatic rings. The Bertz CT molecular complexity index is 1090. The maximum Gasteiger partial charge on any atom is 0.283 e. The van der Waals surface area contributed by atoms with E-state index in [0.717, 1.165) is 30.6 Å². The normalized spacial score (nSPS) is 16.9. The summed E-state index contributed by atoms with van der Waals surface area (Å²) < 4.78 is 0. The summed E-state index contributed by atoms with van der Waals surface area (Å²) in [6.45, 7) is 0. The summed E-state index contributed by atoms with van der Waals surface area (Å²) in [4.78, 5) is 38.8. The Balaban J connectivity index is 1.49. The van der Waals surface area contributed by atoms with E-state index in [0.29, 0.717) is 16.3 Å². The number of hydrogen-bond donors (Lipinski definition) is 2. The van der Waals surface area contributed by atoms with Gasteiger partial charge in [0.25, 0.3) is 17.7 Å². The van der Waals surface area contributed by atoms with Gasteiger partial charge in [-0.25, -0.2) is 4.90 Å². The molecule has 6 nitrogen and oxygen atoms in total. The molecule has 9 heteroatoms. The van der Waals surface area contributed by atoms with Crippen LogP contribution in [0.2, 0.25) is 10.0 Å². The highest BCUT2D eigenvalue weighted by Gasteiger charge is 2.40. The zero-order valence-electron chi connectivity index (χ0n) is 16.3. The van der Waals surface area contributed by atoms with Crippen molar-refractivity contribution in [1.29, 1.82) is 0 Å². The summed E-state index contributed by atoms with van der Waals surface area (Å²) >= 11 is 18.3. The molecule has 0 spiro atoms. The van der Waals surface area contributed by atoms with E-state index < -0.39 is 11.8 Å². The Kier molecular flexibility index (Phi) is 6.23. The maximum atomic E-state index is 12.9. The Morgan fingerprint density at radius 3 is 2.29 bits per heavy atom. The lowest BCUT2D eigenvalue weighted by Gasteiger charge is -2.17. The molecule has 1 aliphatic carbocycles. The van der Waals surface area contributed by atoms with E-state index in [1.807, 2.05) is 0 Å². The van der Waals surface area contributed by atoms with Gasteiger partial charge < -0.3 is 10.6 Å². The summed E-state index contributed by atoms with van der Waals surface area (Å²) in [5.74, 6) is -1.49. The van der Waals surface area contributed by atoms with Gasteiger partial charge in [-0.1, -0.05) is 47.6 Å². The van der Waals surface area contributed by atoms with E-state index >= 15 is 0 Å². The number of halogens is 3. The number of anilines is 2. The van der Waals surface area contributed by atoms with Crippen LogP contribution >= 0.6 is 34.8 Å². The van der Waals surface area contributed by atoms with Gasteiger partial charge >= 0.3 is 0 Å². The van der Waals surface area contributed by atoms with Crippen LogP contribution in [0.3, 0.4) is 0 Å². The number of nitrogens with zero attached hydrogens (tertiary/aromatic N) is 1. The molecule has 0 unspecified atom stereocenters. The lowest BCUT2D eigenvalue weighted by atomic mass is 10.1. The topological polar surface area (TPSA) is 78.5 Å². The van der Waals surface area contributed by atoms with Crippen molar-refractivity contribution in [3.63, 3.8) is 0 Å². The predicted molar refractivity (Wildman–Crippen MR) is 122 cm³/mol. The van der Waals surface area contributed by atoms with Gasteiger partial charge in [-0.2, -0.15) is 0 Å². The first kappa shape index (κ1) is 21.7. The maximum absolute atomic E-state index is 12.9. The van der Waals surface area contributed by atoms with Crippen molar-refractivity contribution in [2.24, 2.45) is 0 Å². The van der Waals surface area contributed by atoms with Crippen LogP contribution in [0, 0.1) is 0 Å². The second-order valence-corrected chi connectivity index (χ2v) is 8.61. The fraction of sp³-hybridized carbons (Fsp3) is 0.227. The number of nitrogens with one attached hydrogen (secondary N) is 2. The van der Waals surface area contributed by atoms with Crippen LogP contribution < -0.4 is 15.5 Å². The molecule has 160 valence electrons. The third kappa shape index (κ3) is 4.42. The first-order chi connectivity index (χ1) is 14.8. The highest BCUT2D eigenvalue weighted by atomic mass is 35.5. The summed E-state index contributed by atoms with van der Waals surface area (Å²) in [6.07, 6.45) is 4.27. The lowest BCUT2D eigenvalue weighted by molar-refractivity contribution is -0.120. The van der Waals surface area contributed by atoms with Crippen LogP contribution in [-0.4, -0.2) is 23.8 Å². The molecule has 0 atom stereocenters. The van der Waals surface area contributed by atoms with Gasteiger partial charge in [0, 0.05) is 22.3 Å². The van der Waals surface area contributed by atoms with Crippen molar-refractivity contribution in [3.05, 3.63) is 68.8 Å². The van der Waals surface area contributed by atoms with Crippen LogP contribution in [-0.2, 0) is 9.59 Å². The van der Waals surface area contributed by atoms with Crippen LogP contribution in [0.4, 0.5) is 11.4 Å². The highest BCUT2D eigenvalue weighted by Crippen LogP contribution is 2.35. The molecule has 3 amide bonds. The number of carbonyl (C=O) groups is 3. The number of imide groups is 1. The third-order valence-electron chi connectivity index (χ3n) is 5.28. The predicted octanol–water partition coefficient (Wildman–Crippen LogP) is 5.10. The molecule has 4 rings (SSSR count). The highest BCUT2D eigenvalue weighted by molar-refractivity contribution is 6.54. The number of benzene rings is 2. The third-order valence-corrected chi connectivity index (χ3v) is 6.19. The molecule has 1 fully saturated rings. The standard InChI is InChI=1S/C22H18Cl3N3O3/c23-13-7-10-16(24)17(11-13)28-21(30)18(25)19(22(28)31)26-15-8-5-12(6-9-15)20(29)27-14-3-1-2-4-14/h5-11,14,26H,1-4H2,(H,27,29). The zero-order valence-corrected chi connectivity index (χ0v) is 18.5. The van der Waals surface area contributed by atoms with Gasteiger partial charge in [0.2, 0.25) is 0 Å². The fourth-order valence-electron chi connectivity index (χ4n) is 3.68. The second-order valence-electron chi connectivity index (χ2n) is 7.39. The minimum absolute atomic E-state index is 0.0779. The van der Waals surface area contributed by atoms with Crippen LogP contribution in [0.15, 0.2) is 53.2 Å². The van der Waals surface area contributed by atoms with Crippen LogP contribution in [0.25, 0.3) is 0 Å². The molecule has 0 bridgehead atoms. The SMILES string of the molecule is O=C(NC1CCCC1)c1ccc(NC2=C(Cl)C(=O)N(c3cc(Cl)ccc3Cl)C2=O)cc1. The molecule has 0 aromatic heterocycles. The largest absolute Gasteiger partial charge is 0.350 e. The van der Waals surface area contributed by atoms with E-state index in [1.54, 1.807) is 30.3 Å². The molecule has 2 N–H and O–H groups in total. The number of hydrogen-bond acceptors (Lipinski definition) is 4. The van der Waals surface area contributed by atoms with Crippen molar-refractivity contribution in [3.8, 4) is 0 Å². The fourth-order valence-corrected chi connectivity index (χ4v) is 4.26. The molecule has 1 heterocycles. The first-order valence-corrected chi connectivity index (χ1v) is 10.9. The average Bonchev–Trinajstić information content (AvgIpc) is 3.33. The summed E-state index contributed by atoms with van der Waals surface area (Å²) in [7, 11) is 0. The van der Waals surface area contributed by atoms with Gasteiger partial charge in [-0.15, -0.1) is 0 Å². The zero-order chi connectivity index (χ0) is 22.1. The van der Waals surface area contributed by atoms with Crippen molar-refractivity contribution in [2.45, 2.75) is 31.7 Å². The van der Waals surface area contributed by atoms with Crippen LogP contribution in [0.5, 0.6) is 0 Å². The molecular formula is C22H18Cl3N3O3. The Labute approximate surface area is 194 Å². The molecule has 31 heavy (non-hydrogen) atoms. The summed E-state index contributed by atoms with van der Waals surface area (Å²) in [5, 5.41) is 6.15. The quantitative estimate of drug-likeness (QED) is 0.586. The molecule has 2 aliphatic rings. The Morgan fingerprint density at radius 2 is 1.61 bits per heavy atom. The van der Waals surface area contributed by atoms with E-state index in [1.165, 1.54) is 12.1 Å². The van der Waals surface area contributed by atoms with Crippen molar-refractivity contribution >= 4 is 63.9 Å². The molecule has 1 saturated carbocycles. The Hall–Kier alpha value is -2.54. The van der Waals surface area contributed by atoms with Gasteiger partial charge in [0.05, 0.1) is 10.7 Å². The monoisotopic (exact) mass is 477 g/mol. The van der Waals surface area contributed by atoms with E-state index in [9.17, 15) is 14.4 Å². The van der Waals surface area contributed by atoms with E-state index in [2.05, 4.69) is 10.6 Å². The minimum Gasteiger partial charge on any atom is -0.350 e.